The Labute approximate surface area is 172 Å². The zero-order valence-electron chi connectivity index (χ0n) is 16.0. The van der Waals surface area contributed by atoms with Crippen molar-refractivity contribution in [3.63, 3.8) is 0 Å². The van der Waals surface area contributed by atoms with Crippen molar-refractivity contribution in [1.82, 2.24) is 9.88 Å². The number of halogens is 1. The Morgan fingerprint density at radius 3 is 2.86 bits per heavy atom. The van der Waals surface area contributed by atoms with Crippen molar-refractivity contribution in [2.75, 3.05) is 13.1 Å². The minimum atomic E-state index is -0.484. The summed E-state index contributed by atoms with van der Waals surface area (Å²) in [7, 11) is 0. The number of ether oxygens (including phenoxy) is 1. The van der Waals surface area contributed by atoms with E-state index >= 15 is 0 Å². The quantitative estimate of drug-likeness (QED) is 0.496. The second-order valence-electron chi connectivity index (χ2n) is 7.74. The molecule has 1 aliphatic rings. The summed E-state index contributed by atoms with van der Waals surface area (Å²) in [6.07, 6.45) is 2.53. The number of nitrogens with zero attached hydrogens (tertiary/aromatic N) is 2. The predicted octanol–water partition coefficient (Wildman–Crippen LogP) is 6.23. The van der Waals surface area contributed by atoms with Gasteiger partial charge in [0, 0.05) is 34.9 Å². The molecule has 2 aromatic heterocycles. The Morgan fingerprint density at radius 1 is 1.32 bits per heavy atom. The molecule has 1 amide bonds. The lowest BCUT2D eigenvalue weighted by Crippen LogP contribution is -2.39. The third kappa shape index (κ3) is 4.08. The van der Waals surface area contributed by atoms with Crippen LogP contribution in [0.1, 0.15) is 32.2 Å². The van der Waals surface area contributed by atoms with E-state index in [0.29, 0.717) is 18.1 Å². The summed E-state index contributed by atoms with van der Waals surface area (Å²) in [5, 5.41) is 4.60. The molecule has 0 unspecified atom stereocenters. The normalized spacial score (nSPS) is 15.0. The number of rotatable bonds is 2. The summed E-state index contributed by atoms with van der Waals surface area (Å²) >= 11 is 7.61. The first-order valence-electron chi connectivity index (χ1n) is 9.11. The van der Waals surface area contributed by atoms with Crippen LogP contribution in [0, 0.1) is 0 Å². The van der Waals surface area contributed by atoms with E-state index in [-0.39, 0.29) is 6.09 Å². The number of fused-ring (bicyclic) bond motifs is 1. The molecular weight excluding hydrogens is 396 g/mol. The molecule has 4 rings (SSSR count). The molecule has 0 aliphatic carbocycles. The number of thiazole rings is 1. The van der Waals surface area contributed by atoms with Crippen LogP contribution in [0.25, 0.3) is 28.0 Å². The Kier molecular flexibility index (Phi) is 4.93. The van der Waals surface area contributed by atoms with Crippen LogP contribution in [0.4, 0.5) is 4.79 Å². The highest BCUT2D eigenvalue weighted by atomic mass is 35.5. The Morgan fingerprint density at radius 2 is 2.14 bits per heavy atom. The first-order chi connectivity index (χ1) is 13.3. The van der Waals surface area contributed by atoms with Gasteiger partial charge < -0.3 is 14.1 Å². The second kappa shape index (κ2) is 7.26. The van der Waals surface area contributed by atoms with Gasteiger partial charge in [0.15, 0.2) is 5.76 Å². The lowest BCUT2D eigenvalue weighted by atomic mass is 10.1. The Bertz CT molecular complexity index is 1060. The fraction of sp³-hybridized carbons (Fsp3) is 0.333. The van der Waals surface area contributed by atoms with E-state index in [4.69, 9.17) is 25.7 Å². The fourth-order valence-corrected chi connectivity index (χ4v) is 4.06. The molecule has 1 aliphatic heterocycles. The Balaban J connectivity index is 1.49. The van der Waals surface area contributed by atoms with Gasteiger partial charge in [0.1, 0.15) is 21.9 Å². The third-order valence-electron chi connectivity index (χ3n) is 4.37. The molecule has 0 radical (unpaired) electrons. The smallest absolute Gasteiger partial charge is 0.410 e. The molecule has 0 saturated carbocycles. The van der Waals surface area contributed by atoms with Crippen LogP contribution in [0.15, 0.2) is 40.1 Å². The number of hydrogen-bond donors (Lipinski definition) is 0. The van der Waals surface area contributed by atoms with Crippen LogP contribution in [-0.2, 0) is 4.74 Å². The molecule has 1 aromatic carbocycles. The van der Waals surface area contributed by atoms with Crippen LogP contribution in [0.2, 0.25) is 5.02 Å². The predicted molar refractivity (Wildman–Crippen MR) is 113 cm³/mol. The summed E-state index contributed by atoms with van der Waals surface area (Å²) in [6, 6.07) is 7.57. The van der Waals surface area contributed by atoms with Crippen molar-refractivity contribution >= 4 is 45.6 Å². The average Bonchev–Trinajstić information content (AvgIpc) is 3.27. The number of carbonyl (C=O) groups is 1. The summed E-state index contributed by atoms with van der Waals surface area (Å²) in [6.45, 7) is 6.78. The van der Waals surface area contributed by atoms with E-state index in [2.05, 4.69) is 6.08 Å². The van der Waals surface area contributed by atoms with Crippen LogP contribution >= 0.6 is 22.9 Å². The number of hydrogen-bond acceptors (Lipinski definition) is 5. The maximum absolute atomic E-state index is 12.2. The first-order valence-corrected chi connectivity index (χ1v) is 10.4. The highest BCUT2D eigenvalue weighted by Gasteiger charge is 2.24. The summed E-state index contributed by atoms with van der Waals surface area (Å²) in [4.78, 5) is 18.6. The fourth-order valence-electron chi connectivity index (χ4n) is 3.02. The van der Waals surface area contributed by atoms with E-state index in [0.717, 1.165) is 39.4 Å². The number of amides is 1. The van der Waals surface area contributed by atoms with Gasteiger partial charge in [-0.15, -0.1) is 11.3 Å². The maximum atomic E-state index is 12.2. The van der Waals surface area contributed by atoms with Crippen LogP contribution in [0.5, 0.6) is 0 Å². The average molecular weight is 417 g/mol. The molecule has 5 nitrogen and oxygen atoms in total. The molecule has 28 heavy (non-hydrogen) atoms. The monoisotopic (exact) mass is 416 g/mol. The van der Waals surface area contributed by atoms with E-state index in [1.54, 1.807) is 16.2 Å². The SMILES string of the molecule is CC(C)(C)OC(=O)N1CC=C(c2nc(-c3cc4ccc(Cl)cc4o3)cs2)CC1. The van der Waals surface area contributed by atoms with Crippen molar-refractivity contribution in [3.8, 4) is 11.5 Å². The molecule has 3 heterocycles. The molecule has 0 bridgehead atoms. The minimum absolute atomic E-state index is 0.274. The molecule has 0 fully saturated rings. The Hall–Kier alpha value is -2.31. The molecule has 3 aromatic rings. The summed E-state index contributed by atoms with van der Waals surface area (Å²) in [5.41, 5.74) is 2.22. The van der Waals surface area contributed by atoms with Gasteiger partial charge in [0.2, 0.25) is 0 Å². The van der Waals surface area contributed by atoms with Gasteiger partial charge >= 0.3 is 6.09 Å². The molecule has 7 heteroatoms. The van der Waals surface area contributed by atoms with Crippen LogP contribution < -0.4 is 0 Å². The van der Waals surface area contributed by atoms with Crippen molar-refractivity contribution in [2.24, 2.45) is 0 Å². The standard InChI is InChI=1S/C21H21ClN2O3S/c1-21(2,3)27-20(25)24-8-6-13(7-9-24)19-23-16(12-28-19)18-10-14-4-5-15(22)11-17(14)26-18/h4-6,10-12H,7-9H2,1-3H3. The lowest BCUT2D eigenvalue weighted by molar-refractivity contribution is 0.0270. The zero-order valence-corrected chi connectivity index (χ0v) is 17.6. The van der Waals surface area contributed by atoms with Crippen molar-refractivity contribution < 1.29 is 13.9 Å². The van der Waals surface area contributed by atoms with E-state index in [1.807, 2.05) is 50.4 Å². The third-order valence-corrected chi connectivity index (χ3v) is 5.53. The van der Waals surface area contributed by atoms with Gasteiger partial charge in [-0.1, -0.05) is 17.7 Å². The largest absolute Gasteiger partial charge is 0.454 e. The van der Waals surface area contributed by atoms with Gasteiger partial charge in [-0.2, -0.15) is 0 Å². The van der Waals surface area contributed by atoms with Crippen molar-refractivity contribution in [1.29, 1.82) is 0 Å². The highest BCUT2D eigenvalue weighted by Crippen LogP contribution is 2.33. The molecule has 0 N–H and O–H groups in total. The van der Waals surface area contributed by atoms with Gasteiger partial charge in [-0.25, -0.2) is 9.78 Å². The molecule has 0 spiro atoms. The van der Waals surface area contributed by atoms with Crippen molar-refractivity contribution in [3.05, 3.63) is 45.8 Å². The van der Waals surface area contributed by atoms with Crippen LogP contribution in [-0.4, -0.2) is 34.7 Å². The molecule has 0 atom stereocenters. The summed E-state index contributed by atoms with van der Waals surface area (Å²) in [5.74, 6) is 0.728. The second-order valence-corrected chi connectivity index (χ2v) is 9.03. The number of aromatic nitrogens is 1. The molecular formula is C21H21ClN2O3S. The topological polar surface area (TPSA) is 55.6 Å². The number of furan rings is 1. The lowest BCUT2D eigenvalue weighted by Gasteiger charge is -2.29. The molecule has 146 valence electrons. The summed E-state index contributed by atoms with van der Waals surface area (Å²) < 4.78 is 11.3. The van der Waals surface area contributed by atoms with Crippen LogP contribution in [0.3, 0.4) is 0 Å². The minimum Gasteiger partial charge on any atom is -0.454 e. The van der Waals surface area contributed by atoms with Gasteiger partial charge in [-0.3, -0.25) is 0 Å². The van der Waals surface area contributed by atoms with E-state index < -0.39 is 5.60 Å². The number of carbonyl (C=O) groups excluding carboxylic acids is 1. The van der Waals surface area contributed by atoms with E-state index in [1.165, 1.54) is 0 Å². The first kappa shape index (κ1) is 19.0. The van der Waals surface area contributed by atoms with Crippen molar-refractivity contribution in [2.45, 2.75) is 32.8 Å². The van der Waals surface area contributed by atoms with Gasteiger partial charge in [0.05, 0.1) is 0 Å². The van der Waals surface area contributed by atoms with Gasteiger partial charge in [0.25, 0.3) is 0 Å². The highest BCUT2D eigenvalue weighted by molar-refractivity contribution is 7.11. The molecule has 0 saturated heterocycles. The maximum Gasteiger partial charge on any atom is 0.410 e. The van der Waals surface area contributed by atoms with E-state index in [9.17, 15) is 4.79 Å². The number of benzene rings is 1. The zero-order chi connectivity index (χ0) is 19.9. The van der Waals surface area contributed by atoms with Gasteiger partial charge in [-0.05, 0) is 51.0 Å².